The Hall–Kier alpha value is -2.74. The third kappa shape index (κ3) is 78.2. The van der Waals surface area contributed by atoms with E-state index in [0.29, 0.717) is 241 Å². The summed E-state index contributed by atoms with van der Waals surface area (Å²) in [6, 6.07) is 3.46. The number of anilines is 1. The highest BCUT2D eigenvalue weighted by molar-refractivity contribution is 5.60. The zero-order chi connectivity index (χ0) is 76.4. The Labute approximate surface area is 608 Å². The van der Waals surface area contributed by atoms with Crippen LogP contribution in [0.15, 0.2) is 12.1 Å². The lowest BCUT2D eigenvalue weighted by molar-refractivity contribution is -0.171. The van der Waals surface area contributed by atoms with Crippen molar-refractivity contribution in [2.75, 3.05) is 319 Å². The molecule has 1 aromatic carbocycles. The molecule has 3 unspecified atom stereocenters. The average molecular weight is 1480 g/mol. The van der Waals surface area contributed by atoms with Gasteiger partial charge in [-0.15, -0.1) is 0 Å². The molecule has 0 heterocycles. The molecule has 0 saturated heterocycles. The van der Waals surface area contributed by atoms with Crippen LogP contribution in [0.25, 0.3) is 0 Å². The van der Waals surface area contributed by atoms with Crippen molar-refractivity contribution in [2.24, 2.45) is 56.9 Å². The van der Waals surface area contributed by atoms with E-state index >= 15 is 0 Å². The summed E-state index contributed by atoms with van der Waals surface area (Å²) in [5.41, 5.74) is 44.1. The number of rotatable bonds is 68. The van der Waals surface area contributed by atoms with Gasteiger partial charge in [-0.2, -0.15) is 5.06 Å². The fourth-order valence-electron chi connectivity index (χ4n) is 7.40. The van der Waals surface area contributed by atoms with Gasteiger partial charge in [0.15, 0.2) is 11.5 Å². The summed E-state index contributed by atoms with van der Waals surface area (Å²) in [5, 5.41) is 1.89. The van der Waals surface area contributed by atoms with Crippen molar-refractivity contribution in [1.82, 2.24) is 5.06 Å². The van der Waals surface area contributed by atoms with Crippen LogP contribution in [-0.2, 0) is 94.9 Å². The van der Waals surface area contributed by atoms with E-state index in [-0.39, 0.29) is 30.1 Å². The summed E-state index contributed by atoms with van der Waals surface area (Å²) in [5.74, 6) is 6.60. The summed E-state index contributed by atoms with van der Waals surface area (Å²) >= 11 is 0. The molecule has 0 aliphatic heterocycles. The average Bonchev–Trinajstić information content (AvgIpc) is 0.820. The molecule has 0 bridgehead atoms. The van der Waals surface area contributed by atoms with Crippen molar-refractivity contribution in [3.05, 3.63) is 12.1 Å². The normalized spacial score (nSPS) is 12.7. The van der Waals surface area contributed by atoms with Crippen LogP contribution in [0.2, 0.25) is 0 Å². The number of nitrogens with two attached hydrogens (primary N) is 9. The van der Waals surface area contributed by atoms with Gasteiger partial charge in [-0.25, -0.2) is 5.90 Å². The Balaban J connectivity index is -0.000000391. The number of methoxy groups -OCH3 is 7. The molecule has 0 amide bonds. The van der Waals surface area contributed by atoms with Crippen LogP contribution in [-0.4, -0.2) is 337 Å². The van der Waals surface area contributed by atoms with E-state index in [9.17, 15) is 0 Å². The molecule has 101 heavy (non-hydrogen) atoms. The molecule has 33 nitrogen and oxygen atoms in total. The Kier molecular flexibility index (Phi) is 91.2. The van der Waals surface area contributed by atoms with Crippen LogP contribution < -0.4 is 66.0 Å². The Bertz CT molecular complexity index is 1590. The van der Waals surface area contributed by atoms with Crippen LogP contribution in [0.1, 0.15) is 67.2 Å². The van der Waals surface area contributed by atoms with Gasteiger partial charge in [0, 0.05) is 150 Å². The summed E-state index contributed by atoms with van der Waals surface area (Å²) in [4.78, 5) is 10.0. The lowest BCUT2D eigenvalue weighted by Gasteiger charge is -2.33. The zero-order valence-corrected chi connectivity index (χ0v) is 65.0. The lowest BCUT2D eigenvalue weighted by atomic mass is 9.88. The van der Waals surface area contributed by atoms with Crippen molar-refractivity contribution >= 4 is 5.69 Å². The van der Waals surface area contributed by atoms with Gasteiger partial charge >= 0.3 is 0 Å². The van der Waals surface area contributed by atoms with Crippen molar-refractivity contribution in [2.45, 2.75) is 85.4 Å². The van der Waals surface area contributed by atoms with E-state index in [2.05, 4.69) is 30.3 Å². The molecular formula is C68H150N10O23. The third-order valence-electron chi connectivity index (χ3n) is 12.5. The number of hydrogen-bond donors (Lipinski definition) is 9. The first-order valence-corrected chi connectivity index (χ1v) is 35.3. The maximum Gasteiger partial charge on any atom is 0.203 e. The minimum atomic E-state index is -0.537. The van der Waals surface area contributed by atoms with E-state index in [1.54, 1.807) is 61.9 Å². The van der Waals surface area contributed by atoms with Crippen LogP contribution >= 0.6 is 0 Å². The highest BCUT2D eigenvalue weighted by Crippen LogP contribution is 2.40. The number of benzene rings is 1. The van der Waals surface area contributed by atoms with Crippen molar-refractivity contribution in [3.63, 3.8) is 0 Å². The molecule has 33 heteroatoms. The molecule has 610 valence electrons. The van der Waals surface area contributed by atoms with Crippen molar-refractivity contribution in [1.29, 1.82) is 0 Å². The SMILES string of the molecule is CCC(COCC(C)N)(COCC(C)N)COCC(C)N.CCCOCCCOC.CCCON(CCOC)CCOC.COCCN.COCCOc1cc(N)cc(OCCOC)c1OCCOC.NCCOCCOCC(COCCON)(COCCOCCN)COCCOCCN. The molecule has 0 aliphatic rings. The van der Waals surface area contributed by atoms with Gasteiger partial charge in [-0.3, -0.25) is 4.84 Å². The second-order valence-corrected chi connectivity index (χ2v) is 23.0. The standard InChI is InChI=1S/C19H44N4O8.C15H35N3O3.C15H25NO6.C9H21NO3.C7H16O2.C3H9NO/c20-1-4-24-7-10-27-15-19(18-30-13-14-31-23,16-28-11-8-25-5-2-21)17-29-12-9-26-6-3-22;1-5-15(9-19-6-12(2)16,10-20-7-13(3)17)11-21-8-14(4)18;1-17-4-7-20-13-10-12(16)11-14(21-8-5-18-2)15(13)22-9-6-19-3;1-4-7-13-10(5-8-11-2)6-9-12-3;1-3-5-9-7-4-6-8-2;1-5-3-2-4/h1-18,20-23H2;12-14H,5-11,16-18H2,1-4H3;10-11H,4-9,16H2,1-3H3;4-9H2,1-3H3;3-7H2,1-2H3;2-4H2,1H3. The third-order valence-corrected chi connectivity index (χ3v) is 12.5. The molecule has 0 aliphatic carbocycles. The van der Waals surface area contributed by atoms with E-state index in [1.807, 2.05) is 25.8 Å². The quantitative estimate of drug-likeness (QED) is 0.0254. The molecule has 1 rings (SSSR count). The minimum Gasteiger partial charge on any atom is -0.487 e. The topological polar surface area (TPSA) is 450 Å². The minimum absolute atomic E-state index is 0.0227. The molecule has 0 fully saturated rings. The number of hydroxylamine groups is 2. The molecule has 0 aromatic heterocycles. The zero-order valence-electron chi connectivity index (χ0n) is 65.0. The fraction of sp³-hybridized carbons (Fsp3) is 0.912. The maximum atomic E-state index is 5.89. The Morgan fingerprint density at radius 1 is 0.356 bits per heavy atom. The van der Waals surface area contributed by atoms with Crippen molar-refractivity contribution in [3.8, 4) is 17.2 Å². The van der Waals surface area contributed by atoms with Gasteiger partial charge in [0.1, 0.15) is 19.8 Å². The number of ether oxygens (including phenoxy) is 21. The molecule has 0 radical (unpaired) electrons. The first-order chi connectivity index (χ1) is 49.0. The van der Waals surface area contributed by atoms with Crippen LogP contribution in [0.5, 0.6) is 17.2 Å². The summed E-state index contributed by atoms with van der Waals surface area (Å²) in [6.07, 6.45) is 4.03. The largest absolute Gasteiger partial charge is 0.487 e. The van der Waals surface area contributed by atoms with Crippen molar-refractivity contribution < 1.29 is 109 Å². The van der Waals surface area contributed by atoms with Gasteiger partial charge in [0.2, 0.25) is 5.75 Å². The van der Waals surface area contributed by atoms with E-state index < -0.39 is 5.41 Å². The highest BCUT2D eigenvalue weighted by atomic mass is 16.7. The molecule has 1 aromatic rings. The van der Waals surface area contributed by atoms with E-state index in [0.717, 1.165) is 65.2 Å². The Morgan fingerprint density at radius 2 is 0.693 bits per heavy atom. The van der Waals surface area contributed by atoms with Crippen LogP contribution in [0, 0.1) is 10.8 Å². The molecule has 0 saturated carbocycles. The second kappa shape index (κ2) is 86.2. The van der Waals surface area contributed by atoms with Crippen LogP contribution in [0.3, 0.4) is 0 Å². The summed E-state index contributed by atoms with van der Waals surface area (Å²) < 4.78 is 113. The maximum absolute atomic E-state index is 5.89. The predicted octanol–water partition coefficient (Wildman–Crippen LogP) is 1.64. The second-order valence-electron chi connectivity index (χ2n) is 23.0. The summed E-state index contributed by atoms with van der Waals surface area (Å²) in [6.45, 7) is 33.0. The van der Waals surface area contributed by atoms with E-state index in [1.165, 1.54) is 0 Å². The van der Waals surface area contributed by atoms with Gasteiger partial charge < -0.3 is 150 Å². The smallest absolute Gasteiger partial charge is 0.203 e. The van der Waals surface area contributed by atoms with E-state index in [4.69, 9.17) is 151 Å². The highest BCUT2D eigenvalue weighted by Gasteiger charge is 2.33. The number of nitrogen functional groups attached to an aromatic ring is 1. The number of hydrogen-bond acceptors (Lipinski definition) is 33. The van der Waals surface area contributed by atoms with Gasteiger partial charge in [0.25, 0.3) is 0 Å². The fourth-order valence-corrected chi connectivity index (χ4v) is 7.40. The molecule has 18 N–H and O–H groups in total. The van der Waals surface area contributed by atoms with Gasteiger partial charge in [-0.1, -0.05) is 20.8 Å². The monoisotopic (exact) mass is 1480 g/mol. The molecule has 0 spiro atoms. The number of nitrogens with zero attached hydrogens (tertiary/aromatic N) is 1. The summed E-state index contributed by atoms with van der Waals surface area (Å²) in [7, 11) is 11.5. The lowest BCUT2D eigenvalue weighted by Crippen LogP contribution is -2.43. The molecular weight excluding hydrogens is 1320 g/mol. The first kappa shape index (κ1) is 107. The van der Waals surface area contributed by atoms with Gasteiger partial charge in [-0.05, 0) is 46.5 Å². The molecule has 3 atom stereocenters. The van der Waals surface area contributed by atoms with Gasteiger partial charge in [0.05, 0.1) is 190 Å². The first-order valence-electron chi connectivity index (χ1n) is 35.3. The Morgan fingerprint density at radius 3 is 1.01 bits per heavy atom. The predicted molar refractivity (Wildman–Crippen MR) is 395 cm³/mol. The van der Waals surface area contributed by atoms with Crippen LogP contribution in [0.4, 0.5) is 5.69 Å².